The number of carbonyl (C=O) groups excluding carboxylic acids is 3. The first-order valence-corrected chi connectivity index (χ1v) is 43.2. The summed E-state index contributed by atoms with van der Waals surface area (Å²) in [4.78, 5) is 107. The van der Waals surface area contributed by atoms with Crippen LogP contribution in [0.4, 0.5) is 63.6 Å². The Balaban J connectivity index is 0.000000148. The molecule has 130 heavy (non-hydrogen) atoms. The molecule has 10 aliphatic rings. The van der Waals surface area contributed by atoms with Crippen LogP contribution in [0.25, 0.3) is 0 Å². The Labute approximate surface area is 757 Å². The molecule has 5 fully saturated rings. The summed E-state index contributed by atoms with van der Waals surface area (Å²) < 4.78 is 64.3. The predicted octanol–water partition coefficient (Wildman–Crippen LogP) is -3.91. The van der Waals surface area contributed by atoms with Crippen LogP contribution in [0, 0.1) is 18.8 Å². The topological polar surface area (TPSA) is 783 Å². The van der Waals surface area contributed by atoms with E-state index in [4.69, 9.17) is 90.6 Å². The second-order valence-corrected chi connectivity index (χ2v) is 34.9. The number of aliphatic hydroxyl groups excluding tert-OH is 13. The number of nitrogens with zero attached hydrogens (tertiary/aromatic N) is 14. The van der Waals surface area contributed by atoms with Gasteiger partial charge < -0.3 is 157 Å². The van der Waals surface area contributed by atoms with E-state index >= 15 is 0 Å². The van der Waals surface area contributed by atoms with Crippen molar-refractivity contribution < 1.29 is 137 Å². The van der Waals surface area contributed by atoms with Gasteiger partial charge in [-0.3, -0.25) is 49.2 Å². The first-order valence-electron chi connectivity index (χ1n) is 39.1. The molecular formula is C73H96N22O30S5. The van der Waals surface area contributed by atoms with Crippen molar-refractivity contribution in [3.05, 3.63) is 102 Å². The van der Waals surface area contributed by atoms with Crippen LogP contribution in [-0.2, 0) is 60.7 Å². The van der Waals surface area contributed by atoms with Gasteiger partial charge in [0.25, 0.3) is 5.56 Å². The van der Waals surface area contributed by atoms with E-state index in [1.807, 2.05) is 6.92 Å². The molecular weight excluding hydrogens is 1830 g/mol. The minimum Gasteiger partial charge on any atom is -0.468 e. The largest absolute Gasteiger partial charge is 0.519 e. The van der Waals surface area contributed by atoms with Crippen LogP contribution in [-0.4, -0.2) is 303 Å². The number of aliphatic hydroxyl groups is 13. The number of hydrogen-bond acceptors (Lipinski definition) is 55. The third-order valence-electron chi connectivity index (χ3n) is 20.6. The van der Waals surface area contributed by atoms with Gasteiger partial charge in [-0.2, -0.15) is 34.9 Å². The molecule has 0 bridgehead atoms. The highest BCUT2D eigenvalue weighted by Crippen LogP contribution is 2.55. The predicted molar refractivity (Wildman–Crippen MR) is 459 cm³/mol. The number of hydrogen-bond donors (Lipinski definition) is 21. The van der Waals surface area contributed by atoms with Gasteiger partial charge >= 0.3 is 23.9 Å². The van der Waals surface area contributed by atoms with E-state index in [-0.39, 0.29) is 127 Å². The summed E-state index contributed by atoms with van der Waals surface area (Å²) in [6.45, 7) is 27.3. The quantitative estimate of drug-likeness (QED) is 0.0175. The van der Waals surface area contributed by atoms with Crippen LogP contribution >= 0.6 is 58.8 Å². The lowest BCUT2D eigenvalue weighted by Crippen LogP contribution is -2.43. The lowest BCUT2D eigenvalue weighted by Gasteiger charge is -2.30. The van der Waals surface area contributed by atoms with Crippen LogP contribution in [0.5, 0.6) is 11.8 Å². The highest BCUT2D eigenvalue weighted by molar-refractivity contribution is 8.04. The van der Waals surface area contributed by atoms with Gasteiger partial charge in [0.1, 0.15) is 101 Å². The SMILES string of the molecule is C=C1Sc2c(CO)nc(N)nc2N1[C@@H]1O[C@H](CO)[C@@H](O)[C@H]1O.C=C1Sc2c(OCNC(=O)OCC)nc(N)nc2N1[C@@H]1O[C@H](CO)[C@@H](O)[C@H]1O.C=C1Sc2c(OCc3oc(=O)oc3C)nc(N)nc2N1[C@@H]1O[C@H](CO)[C@@H](O)[C@H]1O.C=C1Sc2c(nc(N)[nH]c2=O)N1[C@@H]1O[C@H](COC(=O)[C@@H](N)C(C)C)[C@@H](O)[C@H]1O.C=C1Sc2cnc(N)nc2N1[C@@H]1O[C@H](CO)[C@@H](C)[C@H]1OC(C)=O. The number of amides is 1. The lowest BCUT2D eigenvalue weighted by molar-refractivity contribution is -0.152. The number of fused-ring (bicyclic) bond motifs is 5. The number of nitrogen functional groups attached to an aromatic ring is 5. The average molecular weight is 1920 g/mol. The van der Waals surface area contributed by atoms with E-state index in [2.05, 4.69) is 88.1 Å². The van der Waals surface area contributed by atoms with E-state index in [1.165, 1.54) is 50.0 Å². The van der Waals surface area contributed by atoms with Gasteiger partial charge in [0.15, 0.2) is 91.2 Å². The molecule has 5 saturated heterocycles. The van der Waals surface area contributed by atoms with Crippen LogP contribution in [0.15, 0.2) is 107 Å². The van der Waals surface area contributed by atoms with E-state index in [0.29, 0.717) is 57.2 Å². The highest BCUT2D eigenvalue weighted by atomic mass is 32.2. The van der Waals surface area contributed by atoms with Gasteiger partial charge in [0, 0.05) is 19.0 Å². The Morgan fingerprint density at radius 2 is 0.962 bits per heavy atom. The van der Waals surface area contributed by atoms with Crippen molar-refractivity contribution in [1.82, 2.24) is 55.2 Å². The van der Waals surface area contributed by atoms with Crippen LogP contribution in [0.1, 0.15) is 51.8 Å². The summed E-state index contributed by atoms with van der Waals surface area (Å²) in [5.74, 6) is -0.0907. The number of ether oxygens (including phenoxy) is 10. The summed E-state index contributed by atoms with van der Waals surface area (Å²) >= 11 is 5.96. The van der Waals surface area contributed by atoms with Gasteiger partial charge in [-0.1, -0.05) is 112 Å². The van der Waals surface area contributed by atoms with Gasteiger partial charge in [0.2, 0.25) is 41.5 Å². The highest BCUT2D eigenvalue weighted by Gasteiger charge is 2.55. The molecule has 0 unspecified atom stereocenters. The van der Waals surface area contributed by atoms with Gasteiger partial charge in [0.05, 0.1) is 86.4 Å². The monoisotopic (exact) mass is 1920 g/mol. The Morgan fingerprint density at radius 1 is 0.538 bits per heavy atom. The second-order valence-electron chi connectivity index (χ2n) is 29.5. The van der Waals surface area contributed by atoms with E-state index in [0.717, 1.165) is 40.2 Å². The Kier molecular flexibility index (Phi) is 31.6. The number of nitrogens with two attached hydrogens (primary N) is 6. The first kappa shape index (κ1) is 98.7. The van der Waals surface area contributed by atoms with Crippen molar-refractivity contribution in [1.29, 1.82) is 0 Å². The fourth-order valence-electron chi connectivity index (χ4n) is 14.0. The average Bonchev–Trinajstić information content (AvgIpc) is 1.62. The normalized spacial score (nSPS) is 28.0. The maximum atomic E-state index is 12.1. The Morgan fingerprint density at radius 3 is 1.42 bits per heavy atom. The molecule has 1 amide bonds. The van der Waals surface area contributed by atoms with Crippen LogP contribution < -0.4 is 85.1 Å². The number of carbonyl (C=O) groups is 3. The molecule has 0 aliphatic carbocycles. The molecule has 27 N–H and O–H groups in total. The molecule has 16 rings (SSSR count). The van der Waals surface area contributed by atoms with Crippen molar-refractivity contribution >= 4 is 136 Å². The zero-order valence-corrected chi connectivity index (χ0v) is 73.8. The van der Waals surface area contributed by atoms with Crippen LogP contribution in [0.3, 0.4) is 0 Å². The summed E-state index contributed by atoms with van der Waals surface area (Å²) in [5, 5.41) is 133. The number of anilines is 10. The summed E-state index contributed by atoms with van der Waals surface area (Å²) in [5.41, 5.74) is 34.1. The third kappa shape index (κ3) is 20.5. The van der Waals surface area contributed by atoms with E-state index < -0.39 is 172 Å². The Hall–Kier alpha value is -10.3. The van der Waals surface area contributed by atoms with Gasteiger partial charge in [-0.15, -0.1) is 0 Å². The number of H-pyrrole nitrogens is 1. The molecule has 6 aromatic heterocycles. The fraction of sp³-hybridized carbons (Fsp3) is 0.507. The molecule has 10 aliphatic heterocycles. The molecule has 16 heterocycles. The van der Waals surface area contributed by atoms with Crippen molar-refractivity contribution in [2.75, 3.05) is 99.5 Å². The molecule has 0 radical (unpaired) electrons. The summed E-state index contributed by atoms with van der Waals surface area (Å²) in [6.07, 6.45) is -19.0. The lowest BCUT2D eigenvalue weighted by atomic mass is 10.0. The third-order valence-corrected chi connectivity index (χ3v) is 25.6. The smallest absolute Gasteiger partial charge is 0.468 e. The maximum Gasteiger partial charge on any atom is 0.519 e. The molecule has 0 spiro atoms. The number of aromatic nitrogens is 10. The molecule has 6 aromatic rings. The molecule has 57 heteroatoms. The van der Waals surface area contributed by atoms with Crippen molar-refractivity contribution in [2.24, 2.45) is 17.6 Å². The van der Waals surface area contributed by atoms with Gasteiger partial charge in [-0.05, 0) is 19.8 Å². The zero-order chi connectivity index (χ0) is 94.8. The second kappa shape index (κ2) is 41.7. The van der Waals surface area contributed by atoms with Crippen molar-refractivity contribution in [3.8, 4) is 11.8 Å². The number of alkyl carbamates (subject to hydrolysis) is 1. The minimum absolute atomic E-state index is 0.0326. The summed E-state index contributed by atoms with van der Waals surface area (Å²) in [6, 6.07) is -0.806. The maximum absolute atomic E-state index is 12.1. The van der Waals surface area contributed by atoms with Crippen LogP contribution in [0.2, 0.25) is 0 Å². The number of rotatable bonds is 22. The first-order chi connectivity index (χ1) is 61.7. The molecule has 708 valence electrons. The number of esters is 2. The zero-order valence-electron chi connectivity index (χ0n) is 69.7. The minimum atomic E-state index is -1.37. The number of aromatic amines is 1. The standard InChI is InChI=1S/C16H23N5O6S.C16H18N4O8S.C15H21N5O7S.C14H18N4O4S.C12H16N4O5S/c1-5(2)8(17)15(25)26-4-7-9(22)10(23)14(27-7)21-6(3)28-11-12(21)19-16(18)20-13(11)24;1-5-8(28-16(24)26-5)4-25-13-11-12(18-15(17)19-13)20(6(2)29-11)14-10(23)9(22)7(3-21)27-14;1-3-25-15(24)17-5-26-12-10-11(18-14(16)19-12)20(6(2)28-10)13-9(23)8(22)7(4-21)27-13;1-6-9(5-19)22-13(11(6)21-8(3)20)18-7(2)23-10-4-16-14(15)17-12(10)18;1-4-16(11-8(20)7(19)6(3-18)21-11)10-9(22-4)5(2-17)14-12(13)15-10/h5,7-10,14,22-23H,3-4,17H2,1-2H3,(H3,18,19,20,24);7,9-10,14,21-23H,2-4H2,1H3,(H2,17,18,19);7-9,13,21-23H,2-5H2,1H3,(H,17,24)(H2,16,18,19);4,6,9,11,13,19H,2,5H2,1,3H3,(H2,15,16,17);6-8,11,17-20H,1-3H2,(H2,13,14,15)/t7-,8+,9-,10-,14-;7-,9-,10-,14-;7-,8-,9-,13-;6-,9-,11-,13-;6-,7-,8-,11-/m11111/s1. The molecule has 0 saturated carbocycles. The molecule has 0 aromatic carbocycles. The van der Waals surface area contributed by atoms with E-state index in [9.17, 15) is 90.4 Å². The van der Waals surface area contributed by atoms with Crippen molar-refractivity contribution in [3.63, 3.8) is 0 Å². The van der Waals surface area contributed by atoms with E-state index in [1.54, 1.807) is 38.8 Å². The summed E-state index contributed by atoms with van der Waals surface area (Å²) in [7, 11) is 0. The van der Waals surface area contributed by atoms with Gasteiger partial charge in [-0.25, -0.2) is 19.6 Å². The number of thioether (sulfide) groups is 5. The molecule has 52 nitrogen and oxygen atoms in total. The number of aryl methyl sites for hydroxylation is 1. The Bertz CT molecular complexity index is 5370. The molecule has 21 atom stereocenters. The fourth-order valence-corrected chi connectivity index (χ4v) is 18.7. The van der Waals surface area contributed by atoms with Crippen molar-refractivity contribution in [2.45, 2.75) is 202 Å². The number of nitrogens with one attached hydrogen (secondary N) is 2.